The van der Waals surface area contributed by atoms with Gasteiger partial charge in [-0.1, -0.05) is 6.07 Å². The number of nitrogens with one attached hydrogen (secondary N) is 3. The number of H-pyrrole nitrogens is 1. The molecule has 4 heterocycles. The largest absolute Gasteiger partial charge is 0.367 e. The van der Waals surface area contributed by atoms with Crippen molar-refractivity contribution < 1.29 is 0 Å². The third-order valence-electron chi connectivity index (χ3n) is 5.11. The van der Waals surface area contributed by atoms with E-state index in [4.69, 9.17) is 0 Å². The monoisotopic (exact) mass is 388 g/mol. The molecule has 3 N–H and O–H groups in total. The first kappa shape index (κ1) is 17.4. The van der Waals surface area contributed by atoms with Gasteiger partial charge in [-0.3, -0.25) is 9.36 Å². The average Bonchev–Trinajstić information content (AvgIpc) is 3.35. The van der Waals surface area contributed by atoms with E-state index >= 15 is 0 Å². The number of aromatic nitrogens is 6. The summed E-state index contributed by atoms with van der Waals surface area (Å²) >= 11 is 0. The van der Waals surface area contributed by atoms with Crippen molar-refractivity contribution in [2.75, 3.05) is 10.6 Å². The number of hydrogen-bond acceptors (Lipinski definition) is 7. The van der Waals surface area contributed by atoms with Gasteiger partial charge < -0.3 is 15.6 Å². The van der Waals surface area contributed by atoms with E-state index in [-0.39, 0.29) is 5.56 Å². The van der Waals surface area contributed by atoms with Gasteiger partial charge in [-0.2, -0.15) is 4.98 Å². The minimum Gasteiger partial charge on any atom is -0.367 e. The molecule has 0 aliphatic heterocycles. The van der Waals surface area contributed by atoms with E-state index in [0.29, 0.717) is 29.3 Å². The van der Waals surface area contributed by atoms with E-state index < -0.39 is 0 Å². The second kappa shape index (κ2) is 7.34. The van der Waals surface area contributed by atoms with Gasteiger partial charge in [-0.15, -0.1) is 0 Å². The molecule has 9 nitrogen and oxygen atoms in total. The zero-order chi connectivity index (χ0) is 19.6. The van der Waals surface area contributed by atoms with Gasteiger partial charge in [0.2, 0.25) is 5.95 Å². The van der Waals surface area contributed by atoms with Gasteiger partial charge in [-0.25, -0.2) is 15.0 Å². The Bertz CT molecular complexity index is 1150. The highest BCUT2D eigenvalue weighted by molar-refractivity contribution is 5.68. The van der Waals surface area contributed by atoms with Crippen molar-refractivity contribution in [2.45, 2.75) is 31.3 Å². The molecule has 4 aromatic rings. The fourth-order valence-electron chi connectivity index (χ4n) is 3.72. The smallest absolute Gasteiger partial charge is 0.255 e. The van der Waals surface area contributed by atoms with Crippen molar-refractivity contribution >= 4 is 23.1 Å². The Hall–Kier alpha value is -3.75. The van der Waals surface area contributed by atoms with Gasteiger partial charge in [-0.05, 0) is 37.5 Å². The van der Waals surface area contributed by atoms with Crippen molar-refractivity contribution in [3.63, 3.8) is 0 Å². The molecule has 0 aromatic carbocycles. The van der Waals surface area contributed by atoms with Crippen LogP contribution in [0.15, 0.2) is 59.9 Å². The average molecular weight is 388 g/mol. The highest BCUT2D eigenvalue weighted by Crippen LogP contribution is 2.25. The van der Waals surface area contributed by atoms with Crippen LogP contribution in [-0.4, -0.2) is 41.6 Å². The molecule has 0 amide bonds. The van der Waals surface area contributed by atoms with Gasteiger partial charge in [0.1, 0.15) is 5.82 Å². The van der Waals surface area contributed by atoms with E-state index in [2.05, 4.69) is 35.6 Å². The first-order valence-electron chi connectivity index (χ1n) is 9.58. The Morgan fingerprint density at radius 1 is 1.00 bits per heavy atom. The quantitative estimate of drug-likeness (QED) is 0.481. The number of hydrogen-bond donors (Lipinski definition) is 3. The number of rotatable bonds is 5. The van der Waals surface area contributed by atoms with Crippen LogP contribution in [-0.2, 0) is 0 Å². The van der Waals surface area contributed by atoms with E-state index in [1.165, 1.54) is 6.07 Å². The Kier molecular flexibility index (Phi) is 4.39. The van der Waals surface area contributed by atoms with Crippen LogP contribution in [0.2, 0.25) is 0 Å². The molecule has 0 saturated heterocycles. The van der Waals surface area contributed by atoms with Gasteiger partial charge >= 0.3 is 0 Å². The zero-order valence-electron chi connectivity index (χ0n) is 15.6. The summed E-state index contributed by atoms with van der Waals surface area (Å²) in [5.41, 5.74) is 1.98. The van der Waals surface area contributed by atoms with E-state index in [1.807, 2.05) is 18.2 Å². The lowest BCUT2D eigenvalue weighted by molar-refractivity contribution is 0.718. The second-order valence-electron chi connectivity index (χ2n) is 7.12. The van der Waals surface area contributed by atoms with E-state index in [0.717, 1.165) is 30.8 Å². The van der Waals surface area contributed by atoms with Gasteiger partial charge in [0.15, 0.2) is 11.3 Å². The molecule has 2 atom stereocenters. The Labute approximate surface area is 166 Å². The normalized spacial score (nSPS) is 18.8. The molecule has 1 aliphatic rings. The van der Waals surface area contributed by atoms with E-state index in [9.17, 15) is 4.79 Å². The Morgan fingerprint density at radius 3 is 2.66 bits per heavy atom. The maximum atomic E-state index is 11.9. The number of nitrogens with zero attached hydrogens (tertiary/aromatic N) is 5. The maximum absolute atomic E-state index is 11.9. The van der Waals surface area contributed by atoms with Gasteiger partial charge in [0.25, 0.3) is 5.56 Å². The van der Waals surface area contributed by atoms with Crippen molar-refractivity contribution in [3.8, 4) is 5.69 Å². The molecule has 0 radical (unpaired) electrons. The molecule has 0 bridgehead atoms. The summed E-state index contributed by atoms with van der Waals surface area (Å²) in [6.45, 7) is 0. The highest BCUT2D eigenvalue weighted by Gasteiger charge is 2.25. The third kappa shape index (κ3) is 3.66. The number of aromatic amines is 1. The molecule has 4 aromatic heterocycles. The summed E-state index contributed by atoms with van der Waals surface area (Å²) in [4.78, 5) is 32.4. The lowest BCUT2D eigenvalue weighted by Gasteiger charge is -2.15. The molecule has 9 heteroatoms. The molecular formula is C20H20N8O. The van der Waals surface area contributed by atoms with E-state index in [1.54, 1.807) is 35.4 Å². The second-order valence-corrected chi connectivity index (χ2v) is 7.12. The van der Waals surface area contributed by atoms with Crippen molar-refractivity contribution in [3.05, 3.63) is 65.5 Å². The molecule has 1 aliphatic carbocycles. The Balaban J connectivity index is 1.21. The summed E-state index contributed by atoms with van der Waals surface area (Å²) in [6.07, 6.45) is 9.76. The summed E-state index contributed by atoms with van der Waals surface area (Å²) in [5, 5.41) is 6.92. The summed E-state index contributed by atoms with van der Waals surface area (Å²) in [5.74, 6) is 1.51. The number of imidazole rings is 1. The van der Waals surface area contributed by atoms with Crippen LogP contribution in [0.3, 0.4) is 0 Å². The predicted octanol–water partition coefficient (Wildman–Crippen LogP) is 2.34. The molecule has 29 heavy (non-hydrogen) atoms. The van der Waals surface area contributed by atoms with Gasteiger partial charge in [0, 0.05) is 36.7 Å². The third-order valence-corrected chi connectivity index (χ3v) is 5.11. The fraction of sp³-hybridized carbons (Fsp3) is 0.250. The zero-order valence-corrected chi connectivity index (χ0v) is 15.6. The van der Waals surface area contributed by atoms with Crippen LogP contribution in [0.1, 0.15) is 19.3 Å². The van der Waals surface area contributed by atoms with Gasteiger partial charge in [0.05, 0.1) is 11.9 Å². The molecule has 146 valence electrons. The van der Waals surface area contributed by atoms with Crippen LogP contribution in [0, 0.1) is 0 Å². The lowest BCUT2D eigenvalue weighted by Crippen LogP contribution is -2.21. The lowest BCUT2D eigenvalue weighted by atomic mass is 10.2. The molecule has 0 spiro atoms. The number of fused-ring (bicyclic) bond motifs is 1. The molecule has 1 saturated carbocycles. The predicted molar refractivity (Wildman–Crippen MR) is 110 cm³/mol. The standard InChI is InChI=1S/C20H20N8O/c29-17-3-1-2-10-28(17)15-6-7-16(23-12-15)24-13-4-5-14(11-13)25-20-26-18-19(27-20)22-9-8-21-18/h1-3,6-10,12-14H,4-5,11H2,(H,23,24)(H2,21,22,25,26,27)/t13-,14-/m0/s1. The molecule has 5 rings (SSSR count). The minimum atomic E-state index is -0.0734. The highest BCUT2D eigenvalue weighted by atomic mass is 16.1. The molecule has 1 fully saturated rings. The first-order chi connectivity index (χ1) is 14.2. The summed E-state index contributed by atoms with van der Waals surface area (Å²) in [6, 6.07) is 9.54. The van der Waals surface area contributed by atoms with Crippen molar-refractivity contribution in [1.82, 2.24) is 29.5 Å². The van der Waals surface area contributed by atoms with Crippen LogP contribution in [0.5, 0.6) is 0 Å². The van der Waals surface area contributed by atoms with Crippen LogP contribution in [0.25, 0.3) is 17.0 Å². The number of pyridine rings is 2. The summed E-state index contributed by atoms with van der Waals surface area (Å²) in [7, 11) is 0. The topological polar surface area (TPSA) is 113 Å². The van der Waals surface area contributed by atoms with Crippen LogP contribution >= 0.6 is 0 Å². The van der Waals surface area contributed by atoms with Crippen LogP contribution < -0.4 is 16.2 Å². The van der Waals surface area contributed by atoms with Crippen molar-refractivity contribution in [1.29, 1.82) is 0 Å². The molecular weight excluding hydrogens is 368 g/mol. The molecule has 0 unspecified atom stereocenters. The fourth-order valence-corrected chi connectivity index (χ4v) is 3.72. The van der Waals surface area contributed by atoms with Crippen LogP contribution in [0.4, 0.5) is 11.8 Å². The number of anilines is 2. The first-order valence-corrected chi connectivity index (χ1v) is 9.58. The minimum absolute atomic E-state index is 0.0734. The maximum Gasteiger partial charge on any atom is 0.255 e. The Morgan fingerprint density at radius 2 is 1.86 bits per heavy atom. The summed E-state index contributed by atoms with van der Waals surface area (Å²) < 4.78 is 1.57. The SMILES string of the molecule is O=c1ccccn1-c1ccc(N[C@H]2CC[C@H](Nc3nc4nccnc4[nH]3)C2)nc1. The van der Waals surface area contributed by atoms with Crippen molar-refractivity contribution in [2.24, 2.45) is 0 Å².